The third kappa shape index (κ3) is 6.06. The van der Waals surface area contributed by atoms with Crippen molar-refractivity contribution in [2.45, 2.75) is 40.0 Å². The van der Waals surface area contributed by atoms with E-state index in [0.717, 1.165) is 12.4 Å². The van der Waals surface area contributed by atoms with Crippen molar-refractivity contribution >= 4 is 5.96 Å². The lowest BCUT2D eigenvalue weighted by molar-refractivity contribution is 0.214. The van der Waals surface area contributed by atoms with Crippen LogP contribution in [0, 0.1) is 11.7 Å². The Morgan fingerprint density at radius 1 is 1.27 bits per heavy atom. The highest BCUT2D eigenvalue weighted by atomic mass is 19.1. The summed E-state index contributed by atoms with van der Waals surface area (Å²) in [4.78, 5) is 8.59. The van der Waals surface area contributed by atoms with Crippen molar-refractivity contribution in [1.29, 1.82) is 0 Å². The average molecular weight is 361 g/mol. The van der Waals surface area contributed by atoms with Crippen LogP contribution in [0.5, 0.6) is 5.75 Å². The van der Waals surface area contributed by atoms with Crippen LogP contribution in [0.15, 0.2) is 41.7 Å². The minimum Gasteiger partial charge on any atom is -0.486 e. The Bertz CT molecular complexity index is 713. The molecule has 0 spiro atoms. The first-order chi connectivity index (χ1) is 12.5. The predicted octanol–water partition coefficient (Wildman–Crippen LogP) is 2.81. The van der Waals surface area contributed by atoms with Crippen LogP contribution in [0.3, 0.4) is 0 Å². The van der Waals surface area contributed by atoms with Gasteiger partial charge in [0.1, 0.15) is 11.9 Å². The Hall–Kier alpha value is -2.57. The van der Waals surface area contributed by atoms with E-state index in [-0.39, 0.29) is 17.7 Å². The van der Waals surface area contributed by atoms with E-state index in [1.165, 1.54) is 6.07 Å². The van der Waals surface area contributed by atoms with Gasteiger partial charge < -0.3 is 19.9 Å². The molecule has 0 aliphatic rings. The summed E-state index contributed by atoms with van der Waals surface area (Å²) in [6.07, 6.45) is 3.57. The number of para-hydroxylation sites is 1. The van der Waals surface area contributed by atoms with Gasteiger partial charge in [0, 0.05) is 26.0 Å². The molecule has 0 aliphatic heterocycles. The summed E-state index contributed by atoms with van der Waals surface area (Å²) in [6, 6.07) is 6.39. The zero-order valence-electron chi connectivity index (χ0n) is 15.9. The number of nitrogens with zero attached hydrogens (tertiary/aromatic N) is 3. The van der Waals surface area contributed by atoms with Crippen LogP contribution in [0.4, 0.5) is 4.39 Å². The first kappa shape index (κ1) is 19.8. The van der Waals surface area contributed by atoms with Crippen LogP contribution in [0.2, 0.25) is 0 Å². The van der Waals surface area contributed by atoms with E-state index in [2.05, 4.69) is 39.0 Å². The molecule has 0 saturated carbocycles. The van der Waals surface area contributed by atoms with Crippen LogP contribution in [0.25, 0.3) is 0 Å². The summed E-state index contributed by atoms with van der Waals surface area (Å²) in [5, 5.41) is 6.43. The summed E-state index contributed by atoms with van der Waals surface area (Å²) in [5.41, 5.74) is 0. The molecule has 6 nitrogen and oxygen atoms in total. The van der Waals surface area contributed by atoms with Gasteiger partial charge in [-0.1, -0.05) is 26.0 Å². The van der Waals surface area contributed by atoms with Crippen molar-refractivity contribution in [2.24, 2.45) is 10.9 Å². The highest BCUT2D eigenvalue weighted by molar-refractivity contribution is 5.79. The molecule has 1 atom stereocenters. The lowest BCUT2D eigenvalue weighted by Gasteiger charge is -2.18. The summed E-state index contributed by atoms with van der Waals surface area (Å²) in [7, 11) is 1.71. The molecule has 1 heterocycles. The largest absolute Gasteiger partial charge is 0.486 e. The molecule has 2 N–H and O–H groups in total. The van der Waals surface area contributed by atoms with Crippen molar-refractivity contribution in [3.8, 4) is 5.75 Å². The normalized spacial score (nSPS) is 12.9. The summed E-state index contributed by atoms with van der Waals surface area (Å²) >= 11 is 0. The number of guanidine groups is 1. The fraction of sp³-hybridized carbons (Fsp3) is 0.474. The Morgan fingerprint density at radius 3 is 2.73 bits per heavy atom. The van der Waals surface area contributed by atoms with Crippen LogP contribution >= 0.6 is 0 Å². The maximum absolute atomic E-state index is 13.6. The van der Waals surface area contributed by atoms with Crippen LogP contribution in [-0.4, -0.2) is 35.2 Å². The zero-order valence-corrected chi connectivity index (χ0v) is 15.9. The zero-order chi connectivity index (χ0) is 18.9. The molecule has 0 radical (unpaired) electrons. The van der Waals surface area contributed by atoms with Gasteiger partial charge in [-0.25, -0.2) is 9.37 Å². The number of hydrogen-bond donors (Lipinski definition) is 2. The summed E-state index contributed by atoms with van der Waals surface area (Å²) in [6.45, 7) is 8.22. The van der Waals surface area contributed by atoms with Crippen molar-refractivity contribution in [3.05, 3.63) is 48.3 Å². The smallest absolute Gasteiger partial charge is 0.191 e. The van der Waals surface area contributed by atoms with E-state index in [9.17, 15) is 4.39 Å². The van der Waals surface area contributed by atoms with Gasteiger partial charge in [-0.2, -0.15) is 0 Å². The molecule has 2 aromatic rings. The third-order valence-corrected chi connectivity index (χ3v) is 3.72. The standard InChI is InChI=1S/C19H28FN5O/c1-14(2)13-25-10-9-22-18(25)12-24-19(21-4)23-11-15(3)26-17-8-6-5-7-16(17)20/h5-10,14-15H,11-13H2,1-4H3,(H2,21,23,24). The van der Waals surface area contributed by atoms with E-state index in [1.807, 2.05) is 13.1 Å². The number of imidazole rings is 1. The number of nitrogens with one attached hydrogen (secondary N) is 2. The molecular formula is C19H28FN5O. The lowest BCUT2D eigenvalue weighted by atomic mass is 10.2. The van der Waals surface area contributed by atoms with Gasteiger partial charge in [-0.15, -0.1) is 0 Å². The molecule has 0 aliphatic carbocycles. The third-order valence-electron chi connectivity index (χ3n) is 3.72. The molecule has 0 saturated heterocycles. The maximum atomic E-state index is 13.6. The van der Waals surface area contributed by atoms with Gasteiger partial charge in [0.15, 0.2) is 17.5 Å². The van der Waals surface area contributed by atoms with Crippen LogP contribution in [0.1, 0.15) is 26.6 Å². The monoisotopic (exact) mass is 361 g/mol. The van der Waals surface area contributed by atoms with Crippen LogP contribution in [-0.2, 0) is 13.1 Å². The number of aromatic nitrogens is 2. The van der Waals surface area contributed by atoms with Crippen LogP contribution < -0.4 is 15.4 Å². The molecule has 0 bridgehead atoms. The Kier molecular flexibility index (Phi) is 7.44. The fourth-order valence-corrected chi connectivity index (χ4v) is 2.49. The minimum atomic E-state index is -0.362. The summed E-state index contributed by atoms with van der Waals surface area (Å²) < 4.78 is 21.4. The van der Waals surface area contributed by atoms with Crippen molar-refractivity contribution in [1.82, 2.24) is 20.2 Å². The second-order valence-corrected chi connectivity index (χ2v) is 6.56. The Balaban J connectivity index is 1.81. The topological polar surface area (TPSA) is 63.5 Å². The van der Waals surface area contributed by atoms with E-state index < -0.39 is 0 Å². The quantitative estimate of drug-likeness (QED) is 0.561. The molecule has 0 amide bonds. The summed E-state index contributed by atoms with van der Waals surface area (Å²) in [5.74, 6) is 2.04. The van der Waals surface area contributed by atoms with Gasteiger partial charge in [0.2, 0.25) is 0 Å². The SMILES string of the molecule is CN=C(NCc1nccn1CC(C)C)NCC(C)Oc1ccccc1F. The fourth-order valence-electron chi connectivity index (χ4n) is 2.49. The van der Waals surface area contributed by atoms with E-state index in [1.54, 1.807) is 31.4 Å². The number of benzene rings is 1. The Morgan fingerprint density at radius 2 is 2.04 bits per heavy atom. The number of hydrogen-bond acceptors (Lipinski definition) is 3. The van der Waals surface area contributed by atoms with Crippen molar-refractivity contribution < 1.29 is 9.13 Å². The average Bonchev–Trinajstić information content (AvgIpc) is 3.03. The number of ether oxygens (including phenoxy) is 1. The van der Waals surface area contributed by atoms with Crippen molar-refractivity contribution in [3.63, 3.8) is 0 Å². The second kappa shape index (κ2) is 9.79. The molecule has 1 aromatic carbocycles. The van der Waals surface area contributed by atoms with Gasteiger partial charge >= 0.3 is 0 Å². The molecule has 26 heavy (non-hydrogen) atoms. The Labute approximate surface area is 154 Å². The number of aliphatic imine (C=N–C) groups is 1. The molecule has 1 aromatic heterocycles. The maximum Gasteiger partial charge on any atom is 0.191 e. The molecule has 142 valence electrons. The van der Waals surface area contributed by atoms with E-state index in [0.29, 0.717) is 25.0 Å². The molecule has 0 fully saturated rings. The lowest BCUT2D eigenvalue weighted by Crippen LogP contribution is -2.41. The van der Waals surface area contributed by atoms with E-state index >= 15 is 0 Å². The molecule has 7 heteroatoms. The van der Waals surface area contributed by atoms with Gasteiger partial charge in [0.05, 0.1) is 13.1 Å². The molecule has 1 unspecified atom stereocenters. The highest BCUT2D eigenvalue weighted by Crippen LogP contribution is 2.16. The van der Waals surface area contributed by atoms with Gasteiger partial charge in [-0.3, -0.25) is 4.99 Å². The van der Waals surface area contributed by atoms with Crippen molar-refractivity contribution in [2.75, 3.05) is 13.6 Å². The predicted molar refractivity (Wildman–Crippen MR) is 102 cm³/mol. The molecule has 2 rings (SSSR count). The molecular weight excluding hydrogens is 333 g/mol. The van der Waals surface area contributed by atoms with Gasteiger partial charge in [-0.05, 0) is 25.0 Å². The van der Waals surface area contributed by atoms with E-state index in [4.69, 9.17) is 4.74 Å². The first-order valence-corrected chi connectivity index (χ1v) is 8.85. The minimum absolute atomic E-state index is 0.214. The number of halogens is 1. The van der Waals surface area contributed by atoms with Gasteiger partial charge in [0.25, 0.3) is 0 Å². The second-order valence-electron chi connectivity index (χ2n) is 6.56. The first-order valence-electron chi connectivity index (χ1n) is 8.85. The number of rotatable bonds is 8. The highest BCUT2D eigenvalue weighted by Gasteiger charge is 2.10.